The van der Waals surface area contributed by atoms with Gasteiger partial charge in [-0.2, -0.15) is 0 Å². The Labute approximate surface area is 114 Å². The van der Waals surface area contributed by atoms with E-state index in [0.29, 0.717) is 12.1 Å². The molecular weight excluding hydrogens is 238 g/mol. The number of hydrazine groups is 1. The molecule has 0 saturated carbocycles. The Balaban J connectivity index is 2.02. The first-order valence-electron chi connectivity index (χ1n) is 7.23. The van der Waals surface area contributed by atoms with Crippen molar-refractivity contribution in [3.05, 3.63) is 17.0 Å². The molecule has 1 aromatic heterocycles. The molecule has 2 atom stereocenters. The smallest absolute Gasteiger partial charge is 0.225 e. The van der Waals surface area contributed by atoms with E-state index in [2.05, 4.69) is 17.8 Å². The molecule has 0 amide bonds. The lowest BCUT2D eigenvalue weighted by Crippen LogP contribution is -2.30. The molecule has 0 spiro atoms. The predicted octanol–water partition coefficient (Wildman–Crippen LogP) is 1.35. The molecule has 0 aromatic carbocycles. The van der Waals surface area contributed by atoms with Gasteiger partial charge in [-0.25, -0.2) is 15.4 Å². The molecule has 1 aliphatic carbocycles. The monoisotopic (exact) mass is 261 g/mol. The van der Waals surface area contributed by atoms with Gasteiger partial charge in [0.05, 0.1) is 11.7 Å². The quantitative estimate of drug-likeness (QED) is 0.841. The molecule has 2 aliphatic rings. The number of anilines is 1. The maximum atomic E-state index is 4.81. The van der Waals surface area contributed by atoms with Crippen LogP contribution in [0, 0.1) is 0 Å². The molecule has 1 saturated heterocycles. The van der Waals surface area contributed by atoms with Crippen molar-refractivity contribution in [1.82, 2.24) is 20.8 Å². The van der Waals surface area contributed by atoms with E-state index in [1.807, 2.05) is 19.0 Å². The van der Waals surface area contributed by atoms with E-state index >= 15 is 0 Å². The minimum Gasteiger partial charge on any atom is -0.347 e. The minimum atomic E-state index is 0.323. The summed E-state index contributed by atoms with van der Waals surface area (Å²) in [5, 5.41) is 0. The summed E-state index contributed by atoms with van der Waals surface area (Å²) in [5.41, 5.74) is 10.6. The van der Waals surface area contributed by atoms with E-state index in [0.717, 1.165) is 25.2 Å². The molecule has 104 valence electrons. The van der Waals surface area contributed by atoms with Crippen molar-refractivity contribution in [3.63, 3.8) is 0 Å². The standard InChI is InChI=1S/C14H23N5/c1-9-8-12(18-17-9)13-10-6-4-5-7-11(10)15-14(16-13)19(2)3/h9,12,17-18H,4-8H2,1-3H3. The number of hydrogen-bond donors (Lipinski definition) is 2. The second kappa shape index (κ2) is 5.06. The van der Waals surface area contributed by atoms with Gasteiger partial charge in [-0.1, -0.05) is 0 Å². The van der Waals surface area contributed by atoms with Crippen molar-refractivity contribution in [3.8, 4) is 0 Å². The van der Waals surface area contributed by atoms with Crippen LogP contribution in [0.1, 0.15) is 49.2 Å². The summed E-state index contributed by atoms with van der Waals surface area (Å²) in [6.45, 7) is 2.20. The Morgan fingerprint density at radius 2 is 1.89 bits per heavy atom. The first kappa shape index (κ1) is 12.8. The number of nitrogens with zero attached hydrogens (tertiary/aromatic N) is 3. The highest BCUT2D eigenvalue weighted by molar-refractivity contribution is 5.39. The van der Waals surface area contributed by atoms with Gasteiger partial charge >= 0.3 is 0 Å². The summed E-state index contributed by atoms with van der Waals surface area (Å²) >= 11 is 0. The van der Waals surface area contributed by atoms with Crippen LogP contribution in [0.4, 0.5) is 5.95 Å². The number of nitrogens with one attached hydrogen (secondary N) is 2. The molecule has 1 fully saturated rings. The molecule has 1 aromatic rings. The van der Waals surface area contributed by atoms with Crippen molar-refractivity contribution in [2.75, 3.05) is 19.0 Å². The van der Waals surface area contributed by atoms with Crippen LogP contribution in [0.25, 0.3) is 0 Å². The van der Waals surface area contributed by atoms with Gasteiger partial charge in [-0.05, 0) is 44.6 Å². The minimum absolute atomic E-state index is 0.323. The topological polar surface area (TPSA) is 53.1 Å². The fourth-order valence-electron chi connectivity index (χ4n) is 2.99. The number of hydrogen-bond acceptors (Lipinski definition) is 5. The highest BCUT2D eigenvalue weighted by atomic mass is 15.4. The lowest BCUT2D eigenvalue weighted by atomic mass is 9.91. The molecule has 2 unspecified atom stereocenters. The van der Waals surface area contributed by atoms with Gasteiger partial charge in [0.1, 0.15) is 0 Å². The zero-order valence-corrected chi connectivity index (χ0v) is 12.0. The van der Waals surface area contributed by atoms with Gasteiger partial charge in [0.2, 0.25) is 5.95 Å². The summed E-state index contributed by atoms with van der Waals surface area (Å²) in [4.78, 5) is 11.5. The van der Waals surface area contributed by atoms with Crippen LogP contribution in [0.2, 0.25) is 0 Å². The van der Waals surface area contributed by atoms with Crippen LogP contribution >= 0.6 is 0 Å². The molecule has 19 heavy (non-hydrogen) atoms. The van der Waals surface area contributed by atoms with E-state index in [1.165, 1.54) is 29.8 Å². The molecular formula is C14H23N5. The molecule has 0 radical (unpaired) electrons. The summed E-state index contributed by atoms with van der Waals surface area (Å²) in [6.07, 6.45) is 5.84. The van der Waals surface area contributed by atoms with E-state index in [9.17, 15) is 0 Å². The molecule has 2 heterocycles. The second-order valence-electron chi connectivity index (χ2n) is 5.91. The van der Waals surface area contributed by atoms with Gasteiger partial charge in [-0.15, -0.1) is 0 Å². The summed E-state index contributed by atoms with van der Waals surface area (Å²) in [7, 11) is 4.02. The molecule has 1 aliphatic heterocycles. The lowest BCUT2D eigenvalue weighted by Gasteiger charge is -2.23. The Bertz CT molecular complexity index is 471. The molecule has 2 N–H and O–H groups in total. The van der Waals surface area contributed by atoms with Crippen molar-refractivity contribution in [1.29, 1.82) is 0 Å². The number of aryl methyl sites for hydroxylation is 1. The average Bonchev–Trinajstić information content (AvgIpc) is 2.84. The number of rotatable bonds is 2. The molecule has 0 bridgehead atoms. The maximum absolute atomic E-state index is 4.81. The third-order valence-electron chi connectivity index (χ3n) is 4.03. The zero-order chi connectivity index (χ0) is 13.4. The van der Waals surface area contributed by atoms with E-state index in [1.54, 1.807) is 0 Å². The van der Waals surface area contributed by atoms with Gasteiger partial charge in [0.25, 0.3) is 0 Å². The van der Waals surface area contributed by atoms with Crippen molar-refractivity contribution < 1.29 is 0 Å². The summed E-state index contributed by atoms with van der Waals surface area (Å²) < 4.78 is 0. The molecule has 5 heteroatoms. The van der Waals surface area contributed by atoms with Crippen LogP contribution < -0.4 is 15.8 Å². The van der Waals surface area contributed by atoms with Gasteiger partial charge < -0.3 is 4.90 Å². The predicted molar refractivity (Wildman–Crippen MR) is 76.1 cm³/mol. The maximum Gasteiger partial charge on any atom is 0.225 e. The first-order chi connectivity index (χ1) is 9.15. The van der Waals surface area contributed by atoms with Crippen LogP contribution in [0.5, 0.6) is 0 Å². The van der Waals surface area contributed by atoms with E-state index < -0.39 is 0 Å². The number of aromatic nitrogens is 2. The van der Waals surface area contributed by atoms with E-state index in [-0.39, 0.29) is 0 Å². The molecule has 5 nitrogen and oxygen atoms in total. The van der Waals surface area contributed by atoms with Crippen LogP contribution in [0.15, 0.2) is 0 Å². The first-order valence-corrected chi connectivity index (χ1v) is 7.23. The third kappa shape index (κ3) is 2.44. The van der Waals surface area contributed by atoms with Gasteiger partial charge in [0.15, 0.2) is 0 Å². The van der Waals surface area contributed by atoms with Crippen molar-refractivity contribution in [2.24, 2.45) is 0 Å². The van der Waals surface area contributed by atoms with Crippen LogP contribution in [-0.4, -0.2) is 30.1 Å². The largest absolute Gasteiger partial charge is 0.347 e. The highest BCUT2D eigenvalue weighted by Crippen LogP contribution is 2.30. The Hall–Kier alpha value is -1.20. The Morgan fingerprint density at radius 3 is 2.58 bits per heavy atom. The van der Waals surface area contributed by atoms with Gasteiger partial charge in [0, 0.05) is 25.8 Å². The Kier molecular flexibility index (Phi) is 3.41. The zero-order valence-electron chi connectivity index (χ0n) is 12.0. The average molecular weight is 261 g/mol. The van der Waals surface area contributed by atoms with E-state index in [4.69, 9.17) is 9.97 Å². The summed E-state index contributed by atoms with van der Waals surface area (Å²) in [5.74, 6) is 0.844. The fraction of sp³-hybridized carbons (Fsp3) is 0.714. The summed E-state index contributed by atoms with van der Waals surface area (Å²) in [6, 6.07) is 0.825. The number of fused-ring (bicyclic) bond motifs is 1. The van der Waals surface area contributed by atoms with Crippen molar-refractivity contribution in [2.45, 2.75) is 51.1 Å². The van der Waals surface area contributed by atoms with Gasteiger partial charge in [-0.3, -0.25) is 5.43 Å². The molecule has 3 rings (SSSR count). The Morgan fingerprint density at radius 1 is 1.11 bits per heavy atom. The highest BCUT2D eigenvalue weighted by Gasteiger charge is 2.28. The van der Waals surface area contributed by atoms with Crippen LogP contribution in [0.3, 0.4) is 0 Å². The normalized spacial score (nSPS) is 26.3. The fourth-order valence-corrected chi connectivity index (χ4v) is 2.99. The second-order valence-corrected chi connectivity index (χ2v) is 5.91. The van der Waals surface area contributed by atoms with Crippen LogP contribution in [-0.2, 0) is 12.8 Å². The third-order valence-corrected chi connectivity index (χ3v) is 4.03. The van der Waals surface area contributed by atoms with Crippen molar-refractivity contribution >= 4 is 5.95 Å². The lowest BCUT2D eigenvalue weighted by molar-refractivity contribution is 0.541. The SMILES string of the molecule is CC1CC(c2nc(N(C)C)nc3c2CCCC3)NN1.